The quantitative estimate of drug-likeness (QED) is 0.253. The lowest BCUT2D eigenvalue weighted by Crippen LogP contribution is -2.57. The minimum absolute atomic E-state index is 0.0260. The number of hydrogen-bond acceptors (Lipinski definition) is 9. The number of nitrogens with zero attached hydrogens (tertiary/aromatic N) is 3. The highest BCUT2D eigenvalue weighted by atomic mass is 32.1. The molecule has 3 saturated heterocycles. The maximum absolute atomic E-state index is 13.9. The van der Waals surface area contributed by atoms with Gasteiger partial charge in [-0.05, 0) is 62.6 Å². The Morgan fingerprint density at radius 2 is 1.91 bits per heavy atom. The number of aromatic nitrogens is 1. The molecular formula is C35H51N5O6S. The van der Waals surface area contributed by atoms with Crippen molar-refractivity contribution in [2.75, 3.05) is 32.8 Å². The van der Waals surface area contributed by atoms with Crippen LogP contribution < -0.4 is 10.6 Å². The third-order valence-corrected chi connectivity index (χ3v) is 11.0. The SMILES string of the molecule is Cc1ncsc1-c1ccc([C@H](C)NC(=O)[C@@H]2C[C@@H](O)CN2C(=O)[C@@H](NC(=O)CCCO[C@@H]2CN3CCCC3(CO)C2)C(C)(C)C)cc1. The lowest BCUT2D eigenvalue weighted by molar-refractivity contribution is -0.144. The molecule has 6 atom stereocenters. The summed E-state index contributed by atoms with van der Waals surface area (Å²) in [6, 6.07) is 5.94. The van der Waals surface area contributed by atoms with Crippen molar-refractivity contribution in [1.29, 1.82) is 0 Å². The molecule has 0 spiro atoms. The van der Waals surface area contributed by atoms with Gasteiger partial charge in [0, 0.05) is 38.1 Å². The van der Waals surface area contributed by atoms with Crippen LogP contribution in [0.15, 0.2) is 29.8 Å². The number of nitrogens with one attached hydrogen (secondary N) is 2. The minimum atomic E-state index is -0.872. The van der Waals surface area contributed by atoms with Gasteiger partial charge in [-0.15, -0.1) is 11.3 Å². The first-order valence-electron chi connectivity index (χ1n) is 16.9. The van der Waals surface area contributed by atoms with Crippen molar-refractivity contribution < 1.29 is 29.3 Å². The zero-order valence-corrected chi connectivity index (χ0v) is 29.1. The van der Waals surface area contributed by atoms with Crippen molar-refractivity contribution in [3.63, 3.8) is 0 Å². The van der Waals surface area contributed by atoms with Crippen LogP contribution in [0.3, 0.4) is 0 Å². The molecule has 11 nitrogen and oxygen atoms in total. The normalized spacial score (nSPS) is 25.9. The van der Waals surface area contributed by atoms with E-state index in [0.717, 1.165) is 54.0 Å². The molecular weight excluding hydrogens is 618 g/mol. The second-order valence-corrected chi connectivity index (χ2v) is 15.5. The standard InChI is InChI=1S/C35H51N5O6S/c1-22(24-9-11-25(12-10-24)30-23(2)36-21-47-30)37-32(44)28-16-26(42)18-40(28)33(45)31(34(3,4)5)38-29(43)8-6-15-46-27-17-35(20-41)13-7-14-39(35)19-27/h9-12,21-22,26-28,31,41-42H,6-8,13-20H2,1-5H3,(H,37,44)(H,38,43)/t22-,26+,27-,28-,31+,35?/m0/s1. The number of β-amino-alcohol motifs (C(OH)–C–C–N with tert-alkyl or cyclic N) is 1. The number of aryl methyl sites for hydroxylation is 1. The number of carbonyl (C=O) groups excluding carboxylic acids is 3. The van der Waals surface area contributed by atoms with Gasteiger partial charge in [0.25, 0.3) is 0 Å². The molecule has 1 aromatic heterocycles. The zero-order chi connectivity index (χ0) is 33.9. The average molecular weight is 670 g/mol. The summed E-state index contributed by atoms with van der Waals surface area (Å²) < 4.78 is 6.08. The summed E-state index contributed by atoms with van der Waals surface area (Å²) in [4.78, 5) is 49.7. The number of aliphatic hydroxyl groups is 2. The van der Waals surface area contributed by atoms with E-state index in [0.29, 0.717) is 13.0 Å². The van der Waals surface area contributed by atoms with E-state index in [2.05, 4.69) is 20.5 Å². The monoisotopic (exact) mass is 669 g/mol. The molecule has 4 N–H and O–H groups in total. The fourth-order valence-electron chi connectivity index (χ4n) is 7.33. The molecule has 12 heteroatoms. The van der Waals surface area contributed by atoms with Crippen molar-refractivity contribution in [3.05, 3.63) is 41.0 Å². The summed E-state index contributed by atoms with van der Waals surface area (Å²) in [5.41, 5.74) is 4.01. The van der Waals surface area contributed by atoms with E-state index in [9.17, 15) is 24.6 Å². The Labute approximate surface area is 282 Å². The Balaban J connectivity index is 1.14. The number of ether oxygens (including phenoxy) is 1. The van der Waals surface area contributed by atoms with Gasteiger partial charge in [-0.25, -0.2) is 4.98 Å². The summed E-state index contributed by atoms with van der Waals surface area (Å²) in [6.45, 7) is 11.9. The first-order chi connectivity index (χ1) is 22.3. The fourth-order valence-corrected chi connectivity index (χ4v) is 8.14. The van der Waals surface area contributed by atoms with E-state index in [1.807, 2.05) is 64.4 Å². The van der Waals surface area contributed by atoms with Crippen LogP contribution >= 0.6 is 11.3 Å². The van der Waals surface area contributed by atoms with E-state index >= 15 is 0 Å². The topological polar surface area (TPSA) is 144 Å². The Morgan fingerprint density at radius 3 is 2.55 bits per heavy atom. The van der Waals surface area contributed by atoms with Crippen molar-refractivity contribution in [2.45, 2.75) is 109 Å². The van der Waals surface area contributed by atoms with E-state index in [1.54, 1.807) is 11.3 Å². The number of aliphatic hydroxyl groups excluding tert-OH is 2. The van der Waals surface area contributed by atoms with Crippen LogP contribution in [0.5, 0.6) is 0 Å². The Morgan fingerprint density at radius 1 is 1.17 bits per heavy atom. The fraction of sp³-hybridized carbons (Fsp3) is 0.657. The molecule has 3 fully saturated rings. The van der Waals surface area contributed by atoms with Gasteiger partial charge in [0.15, 0.2) is 0 Å². The molecule has 258 valence electrons. The number of rotatable bonds is 12. The highest BCUT2D eigenvalue weighted by Gasteiger charge is 2.48. The van der Waals surface area contributed by atoms with Crippen LogP contribution in [-0.4, -0.2) is 105 Å². The van der Waals surface area contributed by atoms with Crippen LogP contribution in [0.25, 0.3) is 10.4 Å². The Kier molecular flexibility index (Phi) is 11.1. The average Bonchev–Trinajstić information content (AvgIpc) is 3.80. The number of carbonyl (C=O) groups is 3. The van der Waals surface area contributed by atoms with Crippen molar-refractivity contribution in [3.8, 4) is 10.4 Å². The second kappa shape index (κ2) is 14.7. The van der Waals surface area contributed by atoms with Crippen LogP contribution in [0.4, 0.5) is 0 Å². The molecule has 3 aliphatic heterocycles. The molecule has 0 bridgehead atoms. The van der Waals surface area contributed by atoms with E-state index < -0.39 is 23.6 Å². The predicted octanol–water partition coefficient (Wildman–Crippen LogP) is 3.18. The molecule has 47 heavy (non-hydrogen) atoms. The summed E-state index contributed by atoms with van der Waals surface area (Å²) >= 11 is 1.59. The number of hydrogen-bond donors (Lipinski definition) is 4. The third kappa shape index (κ3) is 8.05. The number of benzene rings is 1. The molecule has 2 aromatic rings. The summed E-state index contributed by atoms with van der Waals surface area (Å²) in [5.74, 6) is -0.972. The molecule has 1 unspecified atom stereocenters. The van der Waals surface area contributed by atoms with Gasteiger partial charge in [0.2, 0.25) is 17.7 Å². The smallest absolute Gasteiger partial charge is 0.246 e. The molecule has 5 rings (SSSR count). The maximum atomic E-state index is 13.9. The van der Waals surface area contributed by atoms with Gasteiger partial charge >= 0.3 is 0 Å². The van der Waals surface area contributed by atoms with Crippen molar-refractivity contribution in [2.24, 2.45) is 5.41 Å². The summed E-state index contributed by atoms with van der Waals surface area (Å²) in [5, 5.41) is 26.4. The number of likely N-dealkylation sites (tertiary alicyclic amines) is 1. The lowest BCUT2D eigenvalue weighted by Gasteiger charge is -2.35. The molecule has 3 amide bonds. The highest BCUT2D eigenvalue weighted by molar-refractivity contribution is 7.13. The second-order valence-electron chi connectivity index (χ2n) is 14.6. The Hall–Kier alpha value is -2.90. The van der Waals surface area contributed by atoms with Crippen LogP contribution in [0, 0.1) is 12.3 Å². The summed E-state index contributed by atoms with van der Waals surface area (Å²) in [7, 11) is 0. The van der Waals surface area contributed by atoms with E-state index in [1.165, 1.54) is 4.90 Å². The number of amides is 3. The van der Waals surface area contributed by atoms with Crippen LogP contribution in [-0.2, 0) is 19.1 Å². The van der Waals surface area contributed by atoms with E-state index in [4.69, 9.17) is 4.74 Å². The largest absolute Gasteiger partial charge is 0.394 e. The van der Waals surface area contributed by atoms with Gasteiger partial charge < -0.3 is 30.5 Å². The maximum Gasteiger partial charge on any atom is 0.246 e. The lowest BCUT2D eigenvalue weighted by atomic mass is 9.85. The van der Waals surface area contributed by atoms with Crippen LogP contribution in [0.1, 0.15) is 83.5 Å². The highest BCUT2D eigenvalue weighted by Crippen LogP contribution is 2.39. The van der Waals surface area contributed by atoms with Gasteiger partial charge in [-0.2, -0.15) is 0 Å². The number of fused-ring (bicyclic) bond motifs is 1. The molecule has 3 aliphatic rings. The molecule has 0 aliphatic carbocycles. The summed E-state index contributed by atoms with van der Waals surface area (Å²) in [6.07, 6.45) is 2.96. The van der Waals surface area contributed by atoms with Gasteiger partial charge in [-0.1, -0.05) is 45.0 Å². The van der Waals surface area contributed by atoms with Gasteiger partial charge in [-0.3, -0.25) is 19.3 Å². The van der Waals surface area contributed by atoms with Gasteiger partial charge in [0.1, 0.15) is 12.1 Å². The Bertz CT molecular complexity index is 1410. The van der Waals surface area contributed by atoms with Gasteiger partial charge in [0.05, 0.1) is 40.9 Å². The van der Waals surface area contributed by atoms with Crippen LogP contribution in [0.2, 0.25) is 0 Å². The molecule has 0 saturated carbocycles. The van der Waals surface area contributed by atoms with Crippen molar-refractivity contribution in [1.82, 2.24) is 25.4 Å². The first kappa shape index (κ1) is 35.4. The first-order valence-corrected chi connectivity index (χ1v) is 17.8. The zero-order valence-electron chi connectivity index (χ0n) is 28.3. The number of thiazole rings is 1. The third-order valence-electron chi connectivity index (χ3n) is 10.0. The predicted molar refractivity (Wildman–Crippen MR) is 181 cm³/mol. The molecule has 4 heterocycles. The minimum Gasteiger partial charge on any atom is -0.394 e. The molecule has 1 aromatic carbocycles. The molecule has 0 radical (unpaired) electrons. The van der Waals surface area contributed by atoms with Crippen molar-refractivity contribution >= 4 is 29.1 Å². The van der Waals surface area contributed by atoms with E-state index in [-0.39, 0.29) is 61.4 Å².